The van der Waals surface area contributed by atoms with E-state index in [0.717, 1.165) is 38.4 Å². The third-order valence-corrected chi connectivity index (χ3v) is 6.74. The van der Waals surface area contributed by atoms with Gasteiger partial charge in [-0.2, -0.15) is 5.26 Å². The van der Waals surface area contributed by atoms with Crippen LogP contribution in [0.5, 0.6) is 0 Å². The molecule has 0 unspecified atom stereocenters. The number of Topliss-reactive ketones (excluding diaryl/α,β-unsaturated/α-hetero) is 1. The van der Waals surface area contributed by atoms with E-state index in [1.807, 2.05) is 4.72 Å². The fourth-order valence-electron chi connectivity index (χ4n) is 3.62. The summed E-state index contributed by atoms with van der Waals surface area (Å²) >= 11 is 1.21. The van der Waals surface area contributed by atoms with Crippen molar-refractivity contribution < 1.29 is 18.0 Å². The molecular formula is C21H24N4O4S2. The fourth-order valence-corrected chi connectivity index (χ4v) is 4.98. The van der Waals surface area contributed by atoms with Crippen LogP contribution in [-0.2, 0) is 14.8 Å². The highest BCUT2D eigenvalue weighted by Gasteiger charge is 2.27. The molecule has 1 fully saturated rings. The lowest BCUT2D eigenvalue weighted by Gasteiger charge is -2.26. The van der Waals surface area contributed by atoms with Gasteiger partial charge in [0, 0.05) is 16.5 Å². The van der Waals surface area contributed by atoms with E-state index in [9.17, 15) is 18.0 Å². The van der Waals surface area contributed by atoms with Crippen molar-refractivity contribution in [3.05, 3.63) is 40.4 Å². The number of nitrogens with one attached hydrogen (secondary N) is 1. The number of benzene rings is 1. The van der Waals surface area contributed by atoms with Gasteiger partial charge in [-0.1, -0.05) is 19.3 Å². The first-order valence-corrected chi connectivity index (χ1v) is 12.7. The molecule has 1 N–H and O–H groups in total. The first kappa shape index (κ1) is 22.9. The molecular weight excluding hydrogens is 436 g/mol. The Bertz CT molecular complexity index is 1110. The maximum absolute atomic E-state index is 13.0. The lowest BCUT2D eigenvalue weighted by Crippen LogP contribution is -2.32. The number of amides is 1. The molecule has 1 aromatic heterocycles. The molecule has 1 aliphatic rings. The Labute approximate surface area is 186 Å². The number of aryl methyl sites for hydroxylation is 1. The summed E-state index contributed by atoms with van der Waals surface area (Å²) in [5, 5.41) is 9.49. The number of hydrogen-bond acceptors (Lipinski definition) is 8. The zero-order chi connectivity index (χ0) is 22.6. The van der Waals surface area contributed by atoms with Crippen LogP contribution in [0.25, 0.3) is 0 Å². The lowest BCUT2D eigenvalue weighted by atomic mass is 9.86. The second kappa shape index (κ2) is 9.58. The van der Waals surface area contributed by atoms with Gasteiger partial charge in [-0.3, -0.25) is 9.59 Å². The van der Waals surface area contributed by atoms with Crippen LogP contribution >= 0.6 is 11.3 Å². The molecule has 164 valence electrons. The van der Waals surface area contributed by atoms with Crippen LogP contribution in [0.1, 0.15) is 53.0 Å². The van der Waals surface area contributed by atoms with Crippen LogP contribution in [-0.4, -0.2) is 37.9 Å². The van der Waals surface area contributed by atoms with Crippen LogP contribution in [0.2, 0.25) is 0 Å². The number of carbonyl (C=O) groups is 2. The van der Waals surface area contributed by atoms with Gasteiger partial charge in [-0.15, -0.1) is 11.3 Å². The number of nitrogens with zero attached hydrogens (tertiary/aromatic N) is 3. The van der Waals surface area contributed by atoms with Gasteiger partial charge in [0.05, 0.1) is 24.4 Å². The minimum Gasteiger partial charge on any atom is -0.310 e. The van der Waals surface area contributed by atoms with Crippen molar-refractivity contribution in [1.29, 1.82) is 5.26 Å². The molecule has 0 radical (unpaired) electrons. The number of ketones is 1. The molecule has 0 bridgehead atoms. The summed E-state index contributed by atoms with van der Waals surface area (Å²) in [6, 6.07) is 8.85. The molecule has 2 aromatic rings. The number of hydrogen-bond donors (Lipinski definition) is 1. The van der Waals surface area contributed by atoms with E-state index in [-0.39, 0.29) is 23.9 Å². The van der Waals surface area contributed by atoms with Gasteiger partial charge in [0.15, 0.2) is 10.9 Å². The third-order valence-electron chi connectivity index (χ3n) is 5.19. The number of thiazole rings is 1. The molecule has 10 heteroatoms. The van der Waals surface area contributed by atoms with Gasteiger partial charge in [-0.25, -0.2) is 18.1 Å². The Morgan fingerprint density at radius 1 is 1.23 bits per heavy atom. The number of aromatic nitrogens is 1. The highest BCUT2D eigenvalue weighted by Crippen LogP contribution is 2.33. The second-order valence-corrected chi connectivity index (χ2v) is 10.6. The molecule has 1 aromatic carbocycles. The van der Waals surface area contributed by atoms with E-state index in [1.165, 1.54) is 11.3 Å². The number of rotatable bonds is 7. The van der Waals surface area contributed by atoms with Crippen molar-refractivity contribution in [2.75, 3.05) is 17.7 Å². The molecule has 0 aliphatic heterocycles. The summed E-state index contributed by atoms with van der Waals surface area (Å²) in [7, 11) is -3.73. The Balaban J connectivity index is 1.93. The van der Waals surface area contributed by atoms with Crippen LogP contribution in [0.4, 0.5) is 10.8 Å². The number of carbonyl (C=O) groups excluding carboxylic acids is 2. The summed E-state index contributed by atoms with van der Waals surface area (Å²) < 4.78 is 24.8. The Kier molecular flexibility index (Phi) is 7.08. The van der Waals surface area contributed by atoms with Crippen molar-refractivity contribution in [2.45, 2.75) is 39.0 Å². The van der Waals surface area contributed by atoms with Gasteiger partial charge in [-0.05, 0) is 44.0 Å². The van der Waals surface area contributed by atoms with Crippen molar-refractivity contribution in [3.63, 3.8) is 0 Å². The maximum Gasteiger partial charge on any atom is 0.284 e. The summed E-state index contributed by atoms with van der Waals surface area (Å²) in [6.07, 6.45) is 5.88. The summed E-state index contributed by atoms with van der Waals surface area (Å²) in [4.78, 5) is 32.0. The standard InChI is InChI=1S/C21H24N4O4S2/c1-14-19(20(27)24-31(2,28)29)23-21(30-14)25(17-10-8-15(12-22)9-11-17)13-18(26)16-6-4-3-5-7-16/h8-11,16H,3-7,13H2,1-2H3,(H,24,27). The number of nitriles is 1. The van der Waals surface area contributed by atoms with Crippen molar-refractivity contribution in [3.8, 4) is 6.07 Å². The van der Waals surface area contributed by atoms with E-state index in [4.69, 9.17) is 5.26 Å². The first-order valence-electron chi connectivity index (χ1n) is 9.98. The first-order chi connectivity index (χ1) is 14.7. The molecule has 1 aliphatic carbocycles. The van der Waals surface area contributed by atoms with Crippen molar-refractivity contribution >= 4 is 43.9 Å². The molecule has 0 atom stereocenters. The number of anilines is 2. The normalized spacial score (nSPS) is 14.6. The van der Waals surface area contributed by atoms with Crippen LogP contribution in [0.15, 0.2) is 24.3 Å². The van der Waals surface area contributed by atoms with Crippen LogP contribution in [0.3, 0.4) is 0 Å². The minimum atomic E-state index is -3.73. The van der Waals surface area contributed by atoms with E-state index in [1.54, 1.807) is 36.1 Å². The van der Waals surface area contributed by atoms with Gasteiger partial charge in [0.1, 0.15) is 5.69 Å². The SMILES string of the molecule is Cc1sc(N(CC(=O)C2CCCCC2)c2ccc(C#N)cc2)nc1C(=O)NS(C)(=O)=O. The molecule has 8 nitrogen and oxygen atoms in total. The predicted molar refractivity (Wildman–Crippen MR) is 119 cm³/mol. The summed E-state index contributed by atoms with van der Waals surface area (Å²) in [5.74, 6) is -0.691. The Hall–Kier alpha value is -2.77. The largest absolute Gasteiger partial charge is 0.310 e. The molecule has 3 rings (SSSR count). The van der Waals surface area contributed by atoms with E-state index < -0.39 is 15.9 Å². The molecule has 1 saturated carbocycles. The molecule has 31 heavy (non-hydrogen) atoms. The summed E-state index contributed by atoms with van der Waals surface area (Å²) in [6.45, 7) is 1.77. The van der Waals surface area contributed by atoms with E-state index in [2.05, 4.69) is 11.1 Å². The lowest BCUT2D eigenvalue weighted by molar-refractivity contribution is -0.122. The fraction of sp³-hybridized carbons (Fsp3) is 0.429. The van der Waals surface area contributed by atoms with Crippen molar-refractivity contribution in [2.24, 2.45) is 5.92 Å². The highest BCUT2D eigenvalue weighted by molar-refractivity contribution is 7.89. The third kappa shape index (κ3) is 5.89. The van der Waals surface area contributed by atoms with Crippen molar-refractivity contribution in [1.82, 2.24) is 9.71 Å². The zero-order valence-corrected chi connectivity index (χ0v) is 19.1. The molecule has 1 amide bonds. The maximum atomic E-state index is 13.0. The molecule has 0 spiro atoms. The Morgan fingerprint density at radius 3 is 2.45 bits per heavy atom. The summed E-state index contributed by atoms with van der Waals surface area (Å²) in [5.41, 5.74) is 1.17. The minimum absolute atomic E-state index is 0.00342. The zero-order valence-electron chi connectivity index (χ0n) is 17.4. The number of sulfonamides is 1. The second-order valence-electron chi connectivity index (χ2n) is 7.65. The molecule has 0 saturated heterocycles. The quantitative estimate of drug-likeness (QED) is 0.673. The predicted octanol–water partition coefficient (Wildman–Crippen LogP) is 3.30. The molecule has 1 heterocycles. The van der Waals surface area contributed by atoms with Gasteiger partial charge in [0.25, 0.3) is 5.91 Å². The topological polar surface area (TPSA) is 120 Å². The average molecular weight is 461 g/mol. The highest BCUT2D eigenvalue weighted by atomic mass is 32.2. The Morgan fingerprint density at radius 2 is 1.87 bits per heavy atom. The van der Waals surface area contributed by atoms with E-state index in [0.29, 0.717) is 21.3 Å². The van der Waals surface area contributed by atoms with Gasteiger partial charge in [0.2, 0.25) is 10.0 Å². The smallest absolute Gasteiger partial charge is 0.284 e. The van der Waals surface area contributed by atoms with Gasteiger partial charge >= 0.3 is 0 Å². The van der Waals surface area contributed by atoms with Crippen LogP contribution in [0, 0.1) is 24.2 Å². The van der Waals surface area contributed by atoms with Gasteiger partial charge < -0.3 is 4.90 Å². The monoisotopic (exact) mass is 460 g/mol. The van der Waals surface area contributed by atoms with E-state index >= 15 is 0 Å². The van der Waals surface area contributed by atoms with Crippen LogP contribution < -0.4 is 9.62 Å². The average Bonchev–Trinajstić information content (AvgIpc) is 3.13.